The fourth-order valence-electron chi connectivity index (χ4n) is 2.04. The summed E-state index contributed by atoms with van der Waals surface area (Å²) < 4.78 is 6.83. The summed E-state index contributed by atoms with van der Waals surface area (Å²) in [7, 11) is 0. The Morgan fingerprint density at radius 1 is 1.05 bits per heavy atom. The van der Waals surface area contributed by atoms with Crippen molar-refractivity contribution in [3.8, 4) is 11.6 Å². The second-order valence-corrected chi connectivity index (χ2v) is 5.86. The van der Waals surface area contributed by atoms with Gasteiger partial charge in [-0.15, -0.1) is 0 Å². The molecule has 0 unspecified atom stereocenters. The first-order valence-electron chi connectivity index (χ1n) is 6.38. The smallest absolute Gasteiger partial charge is 0.219 e. The Hall–Kier alpha value is -1.62. The second-order valence-electron chi connectivity index (χ2n) is 4.54. The van der Waals surface area contributed by atoms with Crippen LogP contribution in [0.15, 0.2) is 53.0 Å². The third-order valence-electron chi connectivity index (χ3n) is 3.08. The Balaban J connectivity index is 1.92. The molecule has 3 nitrogen and oxygen atoms in total. The Morgan fingerprint density at radius 3 is 2.62 bits per heavy atom. The van der Waals surface area contributed by atoms with Crippen molar-refractivity contribution in [2.24, 2.45) is 5.73 Å². The van der Waals surface area contributed by atoms with Gasteiger partial charge in [-0.2, -0.15) is 0 Å². The molecule has 0 aliphatic rings. The first-order valence-corrected chi connectivity index (χ1v) is 7.55. The van der Waals surface area contributed by atoms with E-state index < -0.39 is 0 Å². The van der Waals surface area contributed by atoms with Crippen molar-refractivity contribution in [2.45, 2.75) is 6.54 Å². The minimum atomic E-state index is 0.280. The number of benzene rings is 2. The van der Waals surface area contributed by atoms with Gasteiger partial charge in [-0.1, -0.05) is 39.7 Å². The van der Waals surface area contributed by atoms with Crippen LogP contribution in [0, 0.1) is 0 Å². The molecule has 2 aromatic carbocycles. The molecule has 0 bridgehead atoms. The van der Waals surface area contributed by atoms with Crippen LogP contribution in [-0.4, -0.2) is 4.98 Å². The largest absolute Gasteiger partial charge is 0.439 e. The highest BCUT2D eigenvalue weighted by Crippen LogP contribution is 2.27. The number of rotatable bonds is 3. The molecule has 0 saturated heterocycles. The first kappa shape index (κ1) is 14.3. The van der Waals surface area contributed by atoms with Crippen LogP contribution in [0.1, 0.15) is 5.69 Å². The highest BCUT2D eigenvalue weighted by atomic mass is 79.9. The van der Waals surface area contributed by atoms with Gasteiger partial charge in [0.25, 0.3) is 0 Å². The Bertz CT molecular complexity index is 807. The summed E-state index contributed by atoms with van der Waals surface area (Å²) >= 11 is 9.45. The van der Waals surface area contributed by atoms with E-state index in [1.165, 1.54) is 0 Å². The molecule has 0 spiro atoms. The molecule has 1 heterocycles. The van der Waals surface area contributed by atoms with E-state index in [1.807, 2.05) is 30.3 Å². The maximum absolute atomic E-state index is 5.99. The molecule has 1 aromatic heterocycles. The summed E-state index contributed by atoms with van der Waals surface area (Å²) in [6.45, 7) is 0.280. The van der Waals surface area contributed by atoms with E-state index in [-0.39, 0.29) is 6.54 Å². The van der Waals surface area contributed by atoms with E-state index in [1.54, 1.807) is 12.1 Å². The first-order chi connectivity index (χ1) is 10.2. The molecule has 0 atom stereocenters. The van der Waals surface area contributed by atoms with Crippen LogP contribution in [0.4, 0.5) is 0 Å². The van der Waals surface area contributed by atoms with Gasteiger partial charge in [0.2, 0.25) is 5.88 Å². The summed E-state index contributed by atoms with van der Waals surface area (Å²) in [6, 6.07) is 15.5. The Morgan fingerprint density at radius 2 is 1.81 bits per heavy atom. The van der Waals surface area contributed by atoms with Gasteiger partial charge in [0.15, 0.2) is 0 Å². The maximum atomic E-state index is 5.99. The van der Waals surface area contributed by atoms with Crippen LogP contribution in [0.5, 0.6) is 11.6 Å². The summed E-state index contributed by atoms with van der Waals surface area (Å²) in [5.41, 5.74) is 6.22. The number of hydrogen-bond donors (Lipinski definition) is 1. The third-order valence-corrected chi connectivity index (χ3v) is 3.92. The van der Waals surface area contributed by atoms with Gasteiger partial charge in [0, 0.05) is 17.1 Å². The molecule has 0 aliphatic carbocycles. The van der Waals surface area contributed by atoms with Gasteiger partial charge in [-0.05, 0) is 41.1 Å². The molecule has 3 aromatic rings. The maximum Gasteiger partial charge on any atom is 0.219 e. The number of nitrogens with zero attached hydrogens (tertiary/aromatic N) is 1. The fraction of sp³-hybridized carbons (Fsp3) is 0.0625. The van der Waals surface area contributed by atoms with Crippen molar-refractivity contribution in [3.63, 3.8) is 0 Å². The Labute approximate surface area is 135 Å². The van der Waals surface area contributed by atoms with Crippen LogP contribution >= 0.6 is 27.5 Å². The lowest BCUT2D eigenvalue weighted by Gasteiger charge is -2.08. The minimum Gasteiger partial charge on any atom is -0.439 e. The van der Waals surface area contributed by atoms with Gasteiger partial charge >= 0.3 is 0 Å². The lowest BCUT2D eigenvalue weighted by atomic mass is 10.1. The molecular formula is C16H12BrClN2O. The lowest BCUT2D eigenvalue weighted by Crippen LogP contribution is -2.01. The predicted molar refractivity (Wildman–Crippen MR) is 88.9 cm³/mol. The topological polar surface area (TPSA) is 48.1 Å². The molecule has 5 heteroatoms. The van der Waals surface area contributed by atoms with E-state index in [0.29, 0.717) is 16.6 Å². The van der Waals surface area contributed by atoms with E-state index in [0.717, 1.165) is 21.0 Å². The summed E-state index contributed by atoms with van der Waals surface area (Å²) in [4.78, 5) is 4.29. The number of halogens is 2. The number of hydrogen-bond acceptors (Lipinski definition) is 3. The Kier molecular flexibility index (Phi) is 4.10. The minimum absolute atomic E-state index is 0.280. The molecule has 0 fully saturated rings. The standard InChI is InChI=1S/C16H12BrClN2O/c17-12-3-1-11-8-13(4-2-10(11)7-12)21-16-6-5-14(18)15(9-19)20-16/h1-8H,9,19H2. The summed E-state index contributed by atoms with van der Waals surface area (Å²) in [6.07, 6.45) is 0. The number of ether oxygens (including phenoxy) is 1. The van der Waals surface area contributed by atoms with Gasteiger partial charge < -0.3 is 10.5 Å². The highest BCUT2D eigenvalue weighted by molar-refractivity contribution is 9.10. The number of aromatic nitrogens is 1. The summed E-state index contributed by atoms with van der Waals surface area (Å²) in [5, 5.41) is 2.79. The molecule has 0 saturated carbocycles. The zero-order valence-corrected chi connectivity index (χ0v) is 13.4. The normalized spacial score (nSPS) is 10.8. The van der Waals surface area contributed by atoms with Gasteiger partial charge in [-0.25, -0.2) is 4.98 Å². The van der Waals surface area contributed by atoms with Crippen LogP contribution in [0.2, 0.25) is 5.02 Å². The molecule has 0 aliphatic heterocycles. The van der Waals surface area contributed by atoms with Crippen molar-refractivity contribution in [1.29, 1.82) is 0 Å². The molecule has 106 valence electrons. The second kappa shape index (κ2) is 6.02. The van der Waals surface area contributed by atoms with E-state index in [9.17, 15) is 0 Å². The number of pyridine rings is 1. The summed E-state index contributed by atoms with van der Waals surface area (Å²) in [5.74, 6) is 1.21. The van der Waals surface area contributed by atoms with Crippen LogP contribution in [-0.2, 0) is 6.54 Å². The van der Waals surface area contributed by atoms with Gasteiger partial charge in [-0.3, -0.25) is 0 Å². The molecule has 0 amide bonds. The van der Waals surface area contributed by atoms with Gasteiger partial charge in [0.1, 0.15) is 5.75 Å². The molecule has 2 N–H and O–H groups in total. The van der Waals surface area contributed by atoms with E-state index >= 15 is 0 Å². The van der Waals surface area contributed by atoms with Crippen molar-refractivity contribution in [2.75, 3.05) is 0 Å². The third kappa shape index (κ3) is 3.18. The van der Waals surface area contributed by atoms with Crippen molar-refractivity contribution in [1.82, 2.24) is 4.98 Å². The SMILES string of the molecule is NCc1nc(Oc2ccc3cc(Br)ccc3c2)ccc1Cl. The predicted octanol–water partition coefficient (Wildman–Crippen LogP) is 4.90. The molecule has 21 heavy (non-hydrogen) atoms. The van der Waals surface area contributed by atoms with E-state index in [4.69, 9.17) is 22.1 Å². The number of nitrogens with two attached hydrogens (primary N) is 1. The zero-order chi connectivity index (χ0) is 14.8. The average molecular weight is 364 g/mol. The lowest BCUT2D eigenvalue weighted by molar-refractivity contribution is 0.461. The van der Waals surface area contributed by atoms with Crippen molar-refractivity contribution in [3.05, 3.63) is 63.7 Å². The molecule has 3 rings (SSSR count). The van der Waals surface area contributed by atoms with Crippen molar-refractivity contribution >= 4 is 38.3 Å². The van der Waals surface area contributed by atoms with Crippen LogP contribution < -0.4 is 10.5 Å². The highest BCUT2D eigenvalue weighted by Gasteiger charge is 2.05. The zero-order valence-electron chi connectivity index (χ0n) is 11.0. The van der Waals surface area contributed by atoms with Crippen molar-refractivity contribution < 1.29 is 4.74 Å². The van der Waals surface area contributed by atoms with Crippen LogP contribution in [0.3, 0.4) is 0 Å². The van der Waals surface area contributed by atoms with Crippen LogP contribution in [0.25, 0.3) is 10.8 Å². The molecule has 0 radical (unpaired) electrons. The number of fused-ring (bicyclic) bond motifs is 1. The average Bonchev–Trinajstić information content (AvgIpc) is 2.49. The van der Waals surface area contributed by atoms with E-state index in [2.05, 4.69) is 27.0 Å². The fourth-order valence-corrected chi connectivity index (χ4v) is 2.60. The van der Waals surface area contributed by atoms with Gasteiger partial charge in [0.05, 0.1) is 10.7 Å². The monoisotopic (exact) mass is 362 g/mol. The quantitative estimate of drug-likeness (QED) is 0.720. The molecular weight excluding hydrogens is 352 g/mol.